The van der Waals surface area contributed by atoms with Gasteiger partial charge in [0.05, 0.1) is 6.61 Å². The molecule has 1 aliphatic carbocycles. The fourth-order valence-electron chi connectivity index (χ4n) is 3.22. The van der Waals surface area contributed by atoms with Crippen molar-refractivity contribution in [3.63, 3.8) is 0 Å². The summed E-state index contributed by atoms with van der Waals surface area (Å²) in [4.78, 5) is 0. The quantitative estimate of drug-likeness (QED) is 0.712. The summed E-state index contributed by atoms with van der Waals surface area (Å²) < 4.78 is 6.01. The minimum atomic E-state index is 0.729. The molecule has 1 fully saturated rings. The normalized spacial score (nSPS) is 22.0. The Labute approximate surface area is 128 Å². The first kappa shape index (κ1) is 14.2. The third kappa shape index (κ3) is 3.66. The van der Waals surface area contributed by atoms with Crippen molar-refractivity contribution in [2.45, 2.75) is 32.6 Å². The van der Waals surface area contributed by atoms with Crippen LogP contribution in [0.4, 0.5) is 0 Å². The second-order valence-electron chi connectivity index (χ2n) is 6.22. The van der Waals surface area contributed by atoms with E-state index in [1.54, 1.807) is 0 Å². The molecule has 2 atom stereocenters. The molecule has 2 aromatic carbocycles. The van der Waals surface area contributed by atoms with E-state index in [0.717, 1.165) is 24.2 Å². The molecule has 0 amide bonds. The first-order chi connectivity index (χ1) is 10.3. The summed E-state index contributed by atoms with van der Waals surface area (Å²) in [5.41, 5.74) is 2.50. The van der Waals surface area contributed by atoms with Crippen LogP contribution in [-0.4, -0.2) is 6.61 Å². The van der Waals surface area contributed by atoms with Crippen LogP contribution in [0.15, 0.2) is 54.6 Å². The van der Waals surface area contributed by atoms with Crippen molar-refractivity contribution in [3.05, 3.63) is 54.6 Å². The van der Waals surface area contributed by atoms with Crippen LogP contribution in [0.2, 0.25) is 0 Å². The molecule has 0 spiro atoms. The predicted octanol–water partition coefficient (Wildman–Crippen LogP) is 5.56. The van der Waals surface area contributed by atoms with Crippen LogP contribution < -0.4 is 4.74 Å². The van der Waals surface area contributed by atoms with Gasteiger partial charge in [0.2, 0.25) is 0 Å². The van der Waals surface area contributed by atoms with Gasteiger partial charge in [-0.25, -0.2) is 0 Å². The van der Waals surface area contributed by atoms with Gasteiger partial charge in [0, 0.05) is 0 Å². The molecule has 1 aliphatic rings. The average molecular weight is 280 g/mol. The number of ether oxygens (including phenoxy) is 1. The molecule has 110 valence electrons. The Morgan fingerprint density at radius 1 is 0.857 bits per heavy atom. The SMILES string of the molecule is C[C@H]1CCCC[C@@H]1COc1ccc(-c2ccccc2)cc1. The minimum Gasteiger partial charge on any atom is -0.493 e. The van der Waals surface area contributed by atoms with E-state index in [4.69, 9.17) is 4.74 Å². The van der Waals surface area contributed by atoms with Gasteiger partial charge in [-0.1, -0.05) is 68.7 Å². The highest BCUT2D eigenvalue weighted by atomic mass is 16.5. The zero-order chi connectivity index (χ0) is 14.5. The van der Waals surface area contributed by atoms with Gasteiger partial charge in [0.25, 0.3) is 0 Å². The van der Waals surface area contributed by atoms with Gasteiger partial charge >= 0.3 is 0 Å². The summed E-state index contributed by atoms with van der Waals surface area (Å²) in [5.74, 6) is 2.53. The first-order valence-electron chi connectivity index (χ1n) is 8.11. The van der Waals surface area contributed by atoms with E-state index in [1.807, 2.05) is 6.07 Å². The Bertz CT molecular complexity index is 544. The maximum Gasteiger partial charge on any atom is 0.119 e. The summed E-state index contributed by atoms with van der Waals surface area (Å²) in [6, 6.07) is 19.0. The Hall–Kier alpha value is -1.76. The highest BCUT2D eigenvalue weighted by Gasteiger charge is 2.21. The summed E-state index contributed by atoms with van der Waals surface area (Å²) >= 11 is 0. The first-order valence-corrected chi connectivity index (χ1v) is 8.11. The predicted molar refractivity (Wildman–Crippen MR) is 88.5 cm³/mol. The van der Waals surface area contributed by atoms with Crippen molar-refractivity contribution in [1.29, 1.82) is 0 Å². The van der Waals surface area contributed by atoms with Crippen LogP contribution in [0.5, 0.6) is 5.75 Å². The third-order valence-electron chi connectivity index (χ3n) is 4.71. The van der Waals surface area contributed by atoms with E-state index in [2.05, 4.69) is 55.5 Å². The van der Waals surface area contributed by atoms with Gasteiger partial charge in [-0.3, -0.25) is 0 Å². The molecule has 1 nitrogen and oxygen atoms in total. The molecule has 0 aromatic heterocycles. The Morgan fingerprint density at radius 2 is 1.52 bits per heavy atom. The zero-order valence-electron chi connectivity index (χ0n) is 12.8. The molecule has 2 aromatic rings. The van der Waals surface area contributed by atoms with Crippen LogP contribution in [0.1, 0.15) is 32.6 Å². The van der Waals surface area contributed by atoms with Gasteiger partial charge in [-0.2, -0.15) is 0 Å². The molecule has 0 heterocycles. The van der Waals surface area contributed by atoms with Crippen molar-refractivity contribution in [2.24, 2.45) is 11.8 Å². The third-order valence-corrected chi connectivity index (χ3v) is 4.71. The Balaban J connectivity index is 1.60. The molecule has 1 heteroatoms. The van der Waals surface area contributed by atoms with Crippen molar-refractivity contribution >= 4 is 0 Å². The van der Waals surface area contributed by atoms with Gasteiger partial charge in [-0.15, -0.1) is 0 Å². The molecule has 0 aliphatic heterocycles. The largest absolute Gasteiger partial charge is 0.493 e. The summed E-state index contributed by atoms with van der Waals surface area (Å²) in [6.45, 7) is 3.23. The lowest BCUT2D eigenvalue weighted by molar-refractivity contribution is 0.159. The van der Waals surface area contributed by atoms with E-state index in [0.29, 0.717) is 0 Å². The Morgan fingerprint density at radius 3 is 2.24 bits per heavy atom. The van der Waals surface area contributed by atoms with E-state index >= 15 is 0 Å². The van der Waals surface area contributed by atoms with Gasteiger partial charge < -0.3 is 4.74 Å². The van der Waals surface area contributed by atoms with E-state index in [-0.39, 0.29) is 0 Å². The van der Waals surface area contributed by atoms with E-state index in [9.17, 15) is 0 Å². The molecule has 0 saturated heterocycles. The molecule has 0 unspecified atom stereocenters. The van der Waals surface area contributed by atoms with Gasteiger partial charge in [-0.05, 0) is 41.5 Å². The molecule has 21 heavy (non-hydrogen) atoms. The molecule has 0 radical (unpaired) electrons. The number of hydrogen-bond donors (Lipinski definition) is 0. The number of hydrogen-bond acceptors (Lipinski definition) is 1. The highest BCUT2D eigenvalue weighted by molar-refractivity contribution is 5.63. The lowest BCUT2D eigenvalue weighted by atomic mass is 9.81. The number of rotatable bonds is 4. The molecule has 0 bridgehead atoms. The van der Waals surface area contributed by atoms with Gasteiger partial charge in [0.15, 0.2) is 0 Å². The molecular formula is C20H24O. The minimum absolute atomic E-state index is 0.729. The fourth-order valence-corrected chi connectivity index (χ4v) is 3.22. The lowest BCUT2D eigenvalue weighted by Gasteiger charge is -2.28. The van der Waals surface area contributed by atoms with Crippen LogP contribution in [0.25, 0.3) is 11.1 Å². The van der Waals surface area contributed by atoms with Crippen molar-refractivity contribution in [3.8, 4) is 16.9 Å². The zero-order valence-corrected chi connectivity index (χ0v) is 12.8. The topological polar surface area (TPSA) is 9.23 Å². The smallest absolute Gasteiger partial charge is 0.119 e. The van der Waals surface area contributed by atoms with Crippen molar-refractivity contribution < 1.29 is 4.74 Å². The van der Waals surface area contributed by atoms with Crippen molar-refractivity contribution in [2.75, 3.05) is 6.61 Å². The fraction of sp³-hybridized carbons (Fsp3) is 0.400. The van der Waals surface area contributed by atoms with Crippen LogP contribution in [-0.2, 0) is 0 Å². The van der Waals surface area contributed by atoms with Crippen molar-refractivity contribution in [1.82, 2.24) is 0 Å². The number of benzene rings is 2. The Kier molecular flexibility index (Phi) is 4.59. The molecule has 1 saturated carbocycles. The monoisotopic (exact) mass is 280 g/mol. The van der Waals surface area contributed by atoms with E-state index < -0.39 is 0 Å². The second kappa shape index (κ2) is 6.80. The van der Waals surface area contributed by atoms with Crippen LogP contribution in [0.3, 0.4) is 0 Å². The standard InChI is InChI=1S/C20H24O/c1-16-7-5-6-10-19(16)15-21-20-13-11-18(12-14-20)17-8-3-2-4-9-17/h2-4,8-9,11-14,16,19H,5-7,10,15H2,1H3/t16-,19+/m0/s1. The highest BCUT2D eigenvalue weighted by Crippen LogP contribution is 2.30. The van der Waals surface area contributed by atoms with Crippen LogP contribution in [0, 0.1) is 11.8 Å². The van der Waals surface area contributed by atoms with Gasteiger partial charge in [0.1, 0.15) is 5.75 Å². The maximum atomic E-state index is 6.01. The maximum absolute atomic E-state index is 6.01. The average Bonchev–Trinajstić information content (AvgIpc) is 2.55. The molecule has 0 N–H and O–H groups in total. The molecular weight excluding hydrogens is 256 g/mol. The summed E-state index contributed by atoms with van der Waals surface area (Å²) in [6.07, 6.45) is 5.44. The van der Waals surface area contributed by atoms with E-state index in [1.165, 1.54) is 36.8 Å². The van der Waals surface area contributed by atoms with Crippen LogP contribution >= 0.6 is 0 Å². The second-order valence-corrected chi connectivity index (χ2v) is 6.22. The summed E-state index contributed by atoms with van der Waals surface area (Å²) in [5, 5.41) is 0. The lowest BCUT2D eigenvalue weighted by Crippen LogP contribution is -2.23. The molecule has 3 rings (SSSR count). The summed E-state index contributed by atoms with van der Waals surface area (Å²) in [7, 11) is 0.